The summed E-state index contributed by atoms with van der Waals surface area (Å²) in [5, 5.41) is 3.62. The number of nitrogens with zero attached hydrogens (tertiary/aromatic N) is 2. The summed E-state index contributed by atoms with van der Waals surface area (Å²) in [4.78, 5) is 7.47. The maximum atomic E-state index is 5.07. The molecule has 0 radical (unpaired) electrons. The fraction of sp³-hybridized carbons (Fsp3) is 0. The predicted octanol–water partition coefficient (Wildman–Crippen LogP) is 16.5. The lowest BCUT2D eigenvalue weighted by atomic mass is 9.95. The van der Waals surface area contributed by atoms with E-state index in [9.17, 15) is 0 Å². The molecule has 0 N–H and O–H groups in total. The van der Waals surface area contributed by atoms with Crippen LogP contribution in [0.3, 0.4) is 0 Å². The fourth-order valence-corrected chi connectivity index (χ4v) is 10.4. The number of fused-ring (bicyclic) bond motifs is 4. The minimum absolute atomic E-state index is 1.05. The number of thiazole rings is 1. The Morgan fingerprint density at radius 1 is 0.339 bits per heavy atom. The highest BCUT2D eigenvalue weighted by atomic mass is 32.1. The van der Waals surface area contributed by atoms with E-state index in [1.54, 1.807) is 11.3 Å². The SMILES string of the molecule is c1ccc(-c2ccc(N(c3ccc(-c4ccccc4)cc3)c3ccc(-c4cccc5c4sc4cc6nc(-c7ccccc7)sc6cc45)cc3-c3ccccc3)cc2)cc1. The van der Waals surface area contributed by atoms with Crippen molar-refractivity contribution in [3.63, 3.8) is 0 Å². The van der Waals surface area contributed by atoms with E-state index < -0.39 is 0 Å². The maximum absolute atomic E-state index is 5.07. The van der Waals surface area contributed by atoms with Crippen LogP contribution in [0.1, 0.15) is 0 Å². The smallest absolute Gasteiger partial charge is 0.124 e. The third kappa shape index (κ3) is 6.59. The average molecular weight is 789 g/mol. The van der Waals surface area contributed by atoms with Crippen molar-refractivity contribution < 1.29 is 0 Å². The number of anilines is 3. The van der Waals surface area contributed by atoms with Crippen molar-refractivity contribution >= 4 is 70.1 Å². The topological polar surface area (TPSA) is 16.1 Å². The summed E-state index contributed by atoms with van der Waals surface area (Å²) in [7, 11) is 0. The Bertz CT molecular complexity index is 3140. The summed E-state index contributed by atoms with van der Waals surface area (Å²) in [5.41, 5.74) is 15.1. The van der Waals surface area contributed by atoms with Crippen molar-refractivity contribution in [1.29, 1.82) is 0 Å². The molecule has 11 rings (SSSR count). The molecule has 0 aliphatic carbocycles. The molecule has 0 atom stereocenters. The molecule has 0 amide bonds. The number of rotatable bonds is 8. The Morgan fingerprint density at radius 3 is 1.46 bits per heavy atom. The van der Waals surface area contributed by atoms with Gasteiger partial charge in [-0.2, -0.15) is 0 Å². The molecule has 0 unspecified atom stereocenters. The predicted molar refractivity (Wildman–Crippen MR) is 254 cm³/mol. The van der Waals surface area contributed by atoms with E-state index >= 15 is 0 Å². The lowest BCUT2D eigenvalue weighted by molar-refractivity contribution is 1.28. The number of hydrogen-bond donors (Lipinski definition) is 0. The minimum Gasteiger partial charge on any atom is -0.310 e. The zero-order valence-corrected chi connectivity index (χ0v) is 33.6. The lowest BCUT2D eigenvalue weighted by Crippen LogP contribution is -2.11. The van der Waals surface area contributed by atoms with Gasteiger partial charge in [0.1, 0.15) is 5.01 Å². The first-order valence-corrected chi connectivity index (χ1v) is 21.5. The zero-order chi connectivity index (χ0) is 39.1. The van der Waals surface area contributed by atoms with Gasteiger partial charge in [0.25, 0.3) is 0 Å². The van der Waals surface area contributed by atoms with Gasteiger partial charge < -0.3 is 4.90 Å². The monoisotopic (exact) mass is 788 g/mol. The summed E-state index contributed by atoms with van der Waals surface area (Å²) in [5.74, 6) is 0. The Labute approximate surface area is 351 Å². The Hall–Kier alpha value is -7.11. The Balaban J connectivity index is 1.05. The lowest BCUT2D eigenvalue weighted by Gasteiger charge is -2.29. The Kier molecular flexibility index (Phi) is 8.92. The van der Waals surface area contributed by atoms with Gasteiger partial charge in [-0.15, -0.1) is 22.7 Å². The molecule has 4 heteroatoms. The van der Waals surface area contributed by atoms with Crippen molar-refractivity contribution in [3.8, 4) is 55.1 Å². The van der Waals surface area contributed by atoms with Crippen molar-refractivity contribution in [2.45, 2.75) is 0 Å². The molecular weight excluding hydrogens is 753 g/mol. The van der Waals surface area contributed by atoms with E-state index in [1.807, 2.05) is 11.3 Å². The standard InChI is InChI=1S/C55H36N2S2/c1-5-14-37(15-6-1)39-24-29-44(30-25-39)57(45-31-26-40(27-32-45)38-16-7-2-8-17-38)51-33-28-43(34-48(51)41-18-9-3-10-19-41)46-22-13-23-47-49-35-53-50(36-52(49)58-54(46)47)56-55(59-53)42-20-11-4-12-21-42/h1-36H. The molecule has 0 spiro atoms. The van der Waals surface area contributed by atoms with Gasteiger partial charge >= 0.3 is 0 Å². The molecule has 0 bridgehead atoms. The highest BCUT2D eigenvalue weighted by Gasteiger charge is 2.20. The van der Waals surface area contributed by atoms with E-state index in [0.717, 1.165) is 33.1 Å². The average Bonchev–Trinajstić information content (AvgIpc) is 3.91. The van der Waals surface area contributed by atoms with Gasteiger partial charge in [-0.05, 0) is 87.5 Å². The van der Waals surface area contributed by atoms with E-state index in [0.29, 0.717) is 0 Å². The summed E-state index contributed by atoms with van der Waals surface area (Å²) in [6.45, 7) is 0. The minimum atomic E-state index is 1.05. The van der Waals surface area contributed by atoms with Crippen LogP contribution >= 0.6 is 22.7 Å². The van der Waals surface area contributed by atoms with Crippen LogP contribution in [-0.2, 0) is 0 Å². The zero-order valence-electron chi connectivity index (χ0n) is 32.0. The van der Waals surface area contributed by atoms with Crippen LogP contribution < -0.4 is 4.90 Å². The molecule has 9 aromatic carbocycles. The first-order chi connectivity index (χ1) is 29.2. The van der Waals surface area contributed by atoms with Gasteiger partial charge in [-0.3, -0.25) is 0 Å². The summed E-state index contributed by atoms with van der Waals surface area (Å²) in [6, 6.07) is 78.8. The van der Waals surface area contributed by atoms with Crippen LogP contribution in [0.5, 0.6) is 0 Å². The third-order valence-electron chi connectivity index (χ3n) is 11.1. The van der Waals surface area contributed by atoms with Gasteiger partial charge in [0, 0.05) is 42.7 Å². The molecule has 2 aromatic heterocycles. The van der Waals surface area contributed by atoms with Crippen LogP contribution in [0.2, 0.25) is 0 Å². The highest BCUT2D eigenvalue weighted by Crippen LogP contribution is 2.47. The molecule has 59 heavy (non-hydrogen) atoms. The summed E-state index contributed by atoms with van der Waals surface area (Å²) < 4.78 is 3.76. The van der Waals surface area contributed by atoms with Crippen LogP contribution in [0.25, 0.3) is 85.5 Å². The van der Waals surface area contributed by atoms with Gasteiger partial charge in [-0.1, -0.05) is 170 Å². The summed E-state index contributed by atoms with van der Waals surface area (Å²) in [6.07, 6.45) is 0. The van der Waals surface area contributed by atoms with Crippen LogP contribution in [-0.4, -0.2) is 4.98 Å². The Morgan fingerprint density at radius 2 is 0.864 bits per heavy atom. The largest absolute Gasteiger partial charge is 0.310 e. The molecule has 278 valence electrons. The van der Waals surface area contributed by atoms with Gasteiger partial charge in [-0.25, -0.2) is 4.98 Å². The van der Waals surface area contributed by atoms with E-state index in [1.165, 1.54) is 69.4 Å². The number of thiophene rings is 1. The molecule has 2 nitrogen and oxygen atoms in total. The molecule has 0 saturated carbocycles. The molecule has 0 fully saturated rings. The quantitative estimate of drug-likeness (QED) is 0.152. The normalized spacial score (nSPS) is 11.4. The van der Waals surface area contributed by atoms with E-state index in [4.69, 9.17) is 4.98 Å². The van der Waals surface area contributed by atoms with E-state index in [2.05, 4.69) is 223 Å². The molecule has 2 heterocycles. The van der Waals surface area contributed by atoms with Crippen LogP contribution in [0, 0.1) is 0 Å². The van der Waals surface area contributed by atoms with E-state index in [-0.39, 0.29) is 0 Å². The van der Waals surface area contributed by atoms with Gasteiger partial charge in [0.2, 0.25) is 0 Å². The molecule has 0 aliphatic heterocycles. The van der Waals surface area contributed by atoms with Gasteiger partial charge in [0.05, 0.1) is 15.9 Å². The fourth-order valence-electron chi connectivity index (χ4n) is 8.19. The second-order valence-corrected chi connectivity index (χ2v) is 16.8. The molecule has 0 aliphatic rings. The molecule has 11 aromatic rings. The third-order valence-corrected chi connectivity index (χ3v) is 13.4. The van der Waals surface area contributed by atoms with Gasteiger partial charge in [0.15, 0.2) is 0 Å². The first kappa shape index (κ1) is 35.1. The molecular formula is C55H36N2S2. The van der Waals surface area contributed by atoms with Crippen molar-refractivity contribution in [2.75, 3.05) is 4.90 Å². The summed E-state index contributed by atoms with van der Waals surface area (Å²) >= 11 is 3.63. The van der Waals surface area contributed by atoms with Crippen molar-refractivity contribution in [1.82, 2.24) is 4.98 Å². The second kappa shape index (κ2) is 15.0. The second-order valence-electron chi connectivity index (χ2n) is 14.7. The van der Waals surface area contributed by atoms with Crippen LogP contribution in [0.4, 0.5) is 17.1 Å². The highest BCUT2D eigenvalue weighted by molar-refractivity contribution is 7.26. The number of hydrogen-bond acceptors (Lipinski definition) is 4. The van der Waals surface area contributed by atoms with Crippen molar-refractivity contribution in [3.05, 3.63) is 218 Å². The van der Waals surface area contributed by atoms with Crippen LogP contribution in [0.15, 0.2) is 218 Å². The molecule has 0 saturated heterocycles. The first-order valence-electron chi connectivity index (χ1n) is 19.9. The van der Waals surface area contributed by atoms with Crippen molar-refractivity contribution in [2.24, 2.45) is 0 Å². The number of aromatic nitrogens is 1. The number of benzene rings is 9. The maximum Gasteiger partial charge on any atom is 0.124 e.